The first-order chi connectivity index (χ1) is 6.01. The maximum atomic E-state index is 11.9. The van der Waals surface area contributed by atoms with Gasteiger partial charge < -0.3 is 0 Å². The third-order valence-electron chi connectivity index (χ3n) is 1.33. The molecule has 0 aromatic carbocycles. The number of alkyl halides is 3. The van der Waals surface area contributed by atoms with Gasteiger partial charge in [0.05, 0.1) is 6.20 Å². The standard InChI is InChI=1S/C8H7F3NS/c1-2-6-3-7(5-12-4-6)13-8(9,10)11/h3,5H,2H2,1H3. The van der Waals surface area contributed by atoms with Crippen LogP contribution in [0.5, 0.6) is 0 Å². The molecule has 0 amide bonds. The van der Waals surface area contributed by atoms with E-state index >= 15 is 0 Å². The van der Waals surface area contributed by atoms with Crippen molar-refractivity contribution in [3.05, 3.63) is 24.0 Å². The van der Waals surface area contributed by atoms with Crippen LogP contribution in [0.1, 0.15) is 12.5 Å². The summed E-state index contributed by atoms with van der Waals surface area (Å²) in [5.41, 5.74) is -3.55. The molecule has 1 heterocycles. The predicted octanol–water partition coefficient (Wildman–Crippen LogP) is 3.06. The lowest BCUT2D eigenvalue weighted by atomic mass is 10.2. The first kappa shape index (κ1) is 10.4. The molecule has 0 spiro atoms. The number of rotatable bonds is 2. The molecule has 1 rings (SSSR count). The number of pyridine rings is 1. The van der Waals surface area contributed by atoms with Gasteiger partial charge in [-0.05, 0) is 29.8 Å². The lowest BCUT2D eigenvalue weighted by Gasteiger charge is -2.05. The Labute approximate surface area is 78.4 Å². The first-order valence-corrected chi connectivity index (χ1v) is 4.45. The molecule has 0 N–H and O–H groups in total. The van der Waals surface area contributed by atoms with Gasteiger partial charge in [-0.15, -0.1) is 0 Å². The number of hydrogen-bond acceptors (Lipinski definition) is 2. The second-order valence-corrected chi connectivity index (χ2v) is 3.48. The highest BCUT2D eigenvalue weighted by Crippen LogP contribution is 2.36. The lowest BCUT2D eigenvalue weighted by Crippen LogP contribution is -1.99. The van der Waals surface area contributed by atoms with Gasteiger partial charge in [0, 0.05) is 11.1 Å². The van der Waals surface area contributed by atoms with E-state index in [9.17, 15) is 13.2 Å². The van der Waals surface area contributed by atoms with Gasteiger partial charge in [0.1, 0.15) is 0 Å². The van der Waals surface area contributed by atoms with Crippen LogP contribution in [0.3, 0.4) is 0 Å². The van der Waals surface area contributed by atoms with Crippen molar-refractivity contribution in [3.8, 4) is 0 Å². The number of hydrogen-bond donors (Lipinski definition) is 0. The fourth-order valence-electron chi connectivity index (χ4n) is 0.791. The third-order valence-corrected chi connectivity index (χ3v) is 2.02. The normalized spacial score (nSPS) is 11.7. The maximum Gasteiger partial charge on any atom is 0.446 e. The van der Waals surface area contributed by atoms with E-state index in [4.69, 9.17) is 0 Å². The molecule has 0 atom stereocenters. The van der Waals surface area contributed by atoms with Gasteiger partial charge in [0.25, 0.3) is 0 Å². The summed E-state index contributed by atoms with van der Waals surface area (Å²) in [6.45, 7) is 1.84. The molecule has 0 fully saturated rings. The van der Waals surface area contributed by atoms with Crippen LogP contribution >= 0.6 is 11.8 Å². The largest absolute Gasteiger partial charge is 0.446 e. The van der Waals surface area contributed by atoms with Gasteiger partial charge in [0.2, 0.25) is 0 Å². The summed E-state index contributed by atoms with van der Waals surface area (Å²) in [6.07, 6.45) is 4.42. The zero-order valence-corrected chi connectivity index (χ0v) is 7.67. The van der Waals surface area contributed by atoms with Gasteiger partial charge in [-0.1, -0.05) is 6.92 Å². The molecule has 71 valence electrons. The zero-order chi connectivity index (χ0) is 9.90. The highest BCUT2D eigenvalue weighted by Gasteiger charge is 2.29. The Bertz CT molecular complexity index is 285. The van der Waals surface area contributed by atoms with Crippen LogP contribution < -0.4 is 0 Å². The number of aryl methyl sites for hydroxylation is 1. The molecule has 1 nitrogen and oxygen atoms in total. The fraction of sp³-hybridized carbons (Fsp3) is 0.375. The van der Waals surface area contributed by atoms with Crippen molar-refractivity contribution >= 4 is 11.8 Å². The molecule has 1 aromatic rings. The van der Waals surface area contributed by atoms with Crippen molar-refractivity contribution in [1.82, 2.24) is 4.98 Å². The summed E-state index contributed by atoms with van der Waals surface area (Å²) in [4.78, 5) is 3.71. The van der Waals surface area contributed by atoms with Crippen molar-refractivity contribution in [2.45, 2.75) is 23.7 Å². The molecule has 1 aromatic heterocycles. The zero-order valence-electron chi connectivity index (χ0n) is 6.85. The van der Waals surface area contributed by atoms with Gasteiger partial charge in [-0.2, -0.15) is 13.2 Å². The molecule has 0 aliphatic heterocycles. The maximum absolute atomic E-state index is 11.9. The fourth-order valence-corrected chi connectivity index (χ4v) is 1.36. The highest BCUT2D eigenvalue weighted by molar-refractivity contribution is 8.00. The van der Waals surface area contributed by atoms with E-state index in [1.54, 1.807) is 0 Å². The van der Waals surface area contributed by atoms with Crippen molar-refractivity contribution in [3.63, 3.8) is 0 Å². The Morgan fingerprint density at radius 1 is 1.54 bits per heavy atom. The predicted molar refractivity (Wildman–Crippen MR) is 44.4 cm³/mol. The Balaban J connectivity index is 2.78. The van der Waals surface area contributed by atoms with Crippen LogP contribution in [0.15, 0.2) is 17.2 Å². The van der Waals surface area contributed by atoms with Crippen molar-refractivity contribution in [1.29, 1.82) is 0 Å². The Kier molecular flexibility index (Phi) is 3.19. The summed E-state index contributed by atoms with van der Waals surface area (Å²) < 4.78 is 35.7. The van der Waals surface area contributed by atoms with Crippen LogP contribution in [0.4, 0.5) is 13.2 Å². The summed E-state index contributed by atoms with van der Waals surface area (Å²) in [5, 5.41) is 0. The second-order valence-electron chi connectivity index (χ2n) is 2.34. The molecular formula is C8H7F3NS. The van der Waals surface area contributed by atoms with Crippen LogP contribution in [-0.2, 0) is 6.42 Å². The SMILES string of the molecule is CCc1[c]ncc(SC(F)(F)F)c1. The average molecular weight is 206 g/mol. The van der Waals surface area contributed by atoms with Crippen molar-refractivity contribution in [2.24, 2.45) is 0 Å². The molecule has 0 aliphatic carbocycles. The monoisotopic (exact) mass is 206 g/mol. The summed E-state index contributed by atoms with van der Waals surface area (Å²) in [7, 11) is 0. The van der Waals surface area contributed by atoms with Crippen LogP contribution in [0, 0.1) is 6.20 Å². The molecule has 0 saturated heterocycles. The Morgan fingerprint density at radius 2 is 2.23 bits per heavy atom. The minimum Gasteiger partial charge on any atom is -0.253 e. The van der Waals surface area contributed by atoms with Crippen molar-refractivity contribution in [2.75, 3.05) is 0 Å². The second kappa shape index (κ2) is 4.00. The van der Waals surface area contributed by atoms with Crippen molar-refractivity contribution < 1.29 is 13.2 Å². The average Bonchev–Trinajstić information content (AvgIpc) is 2.01. The lowest BCUT2D eigenvalue weighted by molar-refractivity contribution is -0.0328. The minimum atomic E-state index is -4.24. The highest BCUT2D eigenvalue weighted by atomic mass is 32.2. The molecule has 13 heavy (non-hydrogen) atoms. The van der Waals surface area contributed by atoms with Gasteiger partial charge in [0.15, 0.2) is 0 Å². The smallest absolute Gasteiger partial charge is 0.253 e. The van der Waals surface area contributed by atoms with Gasteiger partial charge in [-0.25, -0.2) is 0 Å². The number of halogens is 3. The molecule has 0 bridgehead atoms. The molecule has 5 heteroatoms. The molecule has 1 radical (unpaired) electrons. The van der Waals surface area contributed by atoms with Crippen LogP contribution in [0.25, 0.3) is 0 Å². The minimum absolute atomic E-state index is 0.114. The summed E-state index contributed by atoms with van der Waals surface area (Å²) >= 11 is -0.152. The topological polar surface area (TPSA) is 12.9 Å². The summed E-state index contributed by atoms with van der Waals surface area (Å²) in [5.74, 6) is 0. The van der Waals surface area contributed by atoms with E-state index in [0.717, 1.165) is 6.20 Å². The quantitative estimate of drug-likeness (QED) is 0.690. The number of thioether (sulfide) groups is 1. The van der Waals surface area contributed by atoms with Crippen LogP contribution in [0.2, 0.25) is 0 Å². The third kappa shape index (κ3) is 3.67. The van der Waals surface area contributed by atoms with Gasteiger partial charge >= 0.3 is 5.51 Å². The Morgan fingerprint density at radius 3 is 2.77 bits per heavy atom. The van der Waals surface area contributed by atoms with Gasteiger partial charge in [-0.3, -0.25) is 4.98 Å². The molecule has 0 saturated carbocycles. The van der Waals surface area contributed by atoms with E-state index < -0.39 is 5.51 Å². The molecule has 0 aliphatic rings. The van der Waals surface area contributed by atoms with E-state index in [1.165, 1.54) is 6.07 Å². The Hall–Kier alpha value is -0.710. The number of nitrogens with zero attached hydrogens (tertiary/aromatic N) is 1. The molecule has 0 unspecified atom stereocenters. The van der Waals surface area contributed by atoms with E-state index in [0.29, 0.717) is 12.0 Å². The van der Waals surface area contributed by atoms with E-state index in [2.05, 4.69) is 11.2 Å². The van der Waals surface area contributed by atoms with E-state index in [1.807, 2.05) is 6.92 Å². The first-order valence-electron chi connectivity index (χ1n) is 3.63. The number of aromatic nitrogens is 1. The van der Waals surface area contributed by atoms with Crippen LogP contribution in [-0.4, -0.2) is 10.5 Å². The molecular weight excluding hydrogens is 199 g/mol. The van der Waals surface area contributed by atoms with E-state index in [-0.39, 0.29) is 16.7 Å². The summed E-state index contributed by atoms with van der Waals surface area (Å²) in [6, 6.07) is 1.45.